The highest BCUT2D eigenvalue weighted by atomic mass is 16.7. The molecule has 9 heteroatoms. The molecule has 1 aromatic heterocycles. The maximum Gasteiger partial charge on any atom is 0.317 e. The molecular formula is C42H73N3O6. The molecule has 2 aliphatic rings. The van der Waals surface area contributed by atoms with Crippen molar-refractivity contribution >= 4 is 17.8 Å². The van der Waals surface area contributed by atoms with Gasteiger partial charge in [-0.1, -0.05) is 130 Å². The number of urea groups is 1. The number of nitrogens with one attached hydrogen (secondary N) is 2. The van der Waals surface area contributed by atoms with Crippen LogP contribution in [-0.4, -0.2) is 70.9 Å². The summed E-state index contributed by atoms with van der Waals surface area (Å²) in [6.07, 6.45) is 25.4. The summed E-state index contributed by atoms with van der Waals surface area (Å²) in [5, 5.41) is 13.3. The molecule has 1 aliphatic heterocycles. The van der Waals surface area contributed by atoms with E-state index in [1.54, 1.807) is 31.0 Å². The zero-order chi connectivity index (χ0) is 37.3. The number of amides is 2. The predicted octanol–water partition coefficient (Wildman–Crippen LogP) is 10.4. The van der Waals surface area contributed by atoms with Crippen molar-refractivity contribution < 1.29 is 29.0 Å². The van der Waals surface area contributed by atoms with Crippen LogP contribution >= 0.6 is 0 Å². The van der Waals surface area contributed by atoms with Crippen molar-refractivity contribution in [1.29, 1.82) is 0 Å². The van der Waals surface area contributed by atoms with E-state index in [-0.39, 0.29) is 30.2 Å². The number of hydrogen-bond acceptors (Lipinski definition) is 5. The van der Waals surface area contributed by atoms with E-state index in [1.165, 1.54) is 89.9 Å². The van der Waals surface area contributed by atoms with Gasteiger partial charge in [-0.3, -0.25) is 9.59 Å². The quantitative estimate of drug-likeness (QED) is 0.0724. The summed E-state index contributed by atoms with van der Waals surface area (Å²) in [6, 6.07) is 1.46. The molecule has 292 valence electrons. The van der Waals surface area contributed by atoms with Gasteiger partial charge in [0.15, 0.2) is 11.6 Å². The third kappa shape index (κ3) is 14.5. The fourth-order valence-corrected chi connectivity index (χ4v) is 8.11. The van der Waals surface area contributed by atoms with E-state index in [2.05, 4.69) is 17.2 Å². The number of ether oxygens (including phenoxy) is 2. The Morgan fingerprint density at radius 2 is 1.43 bits per heavy atom. The van der Waals surface area contributed by atoms with Gasteiger partial charge in [-0.25, -0.2) is 4.79 Å². The van der Waals surface area contributed by atoms with E-state index in [1.807, 2.05) is 20.9 Å². The first kappa shape index (κ1) is 43.0. The Morgan fingerprint density at radius 3 is 2.00 bits per heavy atom. The maximum atomic E-state index is 14.1. The monoisotopic (exact) mass is 716 g/mol. The predicted molar refractivity (Wildman–Crippen MR) is 205 cm³/mol. The first-order valence-electron chi connectivity index (χ1n) is 20.6. The minimum atomic E-state index is -0.923. The number of aromatic amines is 1. The molecule has 0 radical (unpaired) electrons. The van der Waals surface area contributed by atoms with Crippen LogP contribution in [0.4, 0.5) is 4.79 Å². The van der Waals surface area contributed by atoms with Crippen LogP contribution in [0.1, 0.15) is 191 Å². The molecule has 2 fully saturated rings. The lowest BCUT2D eigenvalue weighted by molar-refractivity contribution is -0.298. The first-order chi connectivity index (χ1) is 24.4. The average Bonchev–Trinajstić information content (AvgIpc) is 3.58. The smallest absolute Gasteiger partial charge is 0.317 e. The molecule has 1 saturated carbocycles. The number of nitrogens with zero attached hydrogens (tertiary/aromatic N) is 1. The van der Waals surface area contributed by atoms with Crippen LogP contribution in [0, 0.1) is 11.3 Å². The molecule has 1 aromatic rings. The van der Waals surface area contributed by atoms with Gasteiger partial charge in [0.1, 0.15) is 6.10 Å². The number of hydrogen-bond donors (Lipinski definition) is 3. The van der Waals surface area contributed by atoms with Crippen LogP contribution in [0.25, 0.3) is 0 Å². The van der Waals surface area contributed by atoms with Crippen LogP contribution in [-0.2, 0) is 14.3 Å². The number of Topliss-reactive ketones (excluding diaryl/α,β-unsaturated/α-hetero) is 1. The molecule has 1 aliphatic carbocycles. The Hall–Kier alpha value is -2.39. The number of carboxylic acid groups (broad SMARTS) is 1. The average molecular weight is 716 g/mol. The second kappa shape index (κ2) is 22.0. The summed E-state index contributed by atoms with van der Waals surface area (Å²) in [6.45, 7) is 10.9. The third-order valence-electron chi connectivity index (χ3n) is 11.3. The number of rotatable bonds is 24. The van der Waals surface area contributed by atoms with E-state index in [0.29, 0.717) is 24.4 Å². The number of aliphatic carboxylic acids is 1. The van der Waals surface area contributed by atoms with E-state index in [9.17, 15) is 19.5 Å². The van der Waals surface area contributed by atoms with Gasteiger partial charge >= 0.3 is 12.0 Å². The number of H-pyrrole nitrogens is 1. The molecular weight excluding hydrogens is 642 g/mol. The second-order valence-electron chi connectivity index (χ2n) is 16.8. The van der Waals surface area contributed by atoms with Gasteiger partial charge in [-0.2, -0.15) is 0 Å². The van der Waals surface area contributed by atoms with E-state index in [0.717, 1.165) is 38.5 Å². The number of unbranched alkanes of at least 4 members (excludes halogenated alkanes) is 15. The summed E-state index contributed by atoms with van der Waals surface area (Å²) < 4.78 is 12.0. The summed E-state index contributed by atoms with van der Waals surface area (Å²) >= 11 is 0. The topological polar surface area (TPSA) is 121 Å². The Labute approximate surface area is 309 Å². The molecule has 1 saturated heterocycles. The molecule has 4 atom stereocenters. The standard InChI is InChI=1S/C42H73N3O6/c1-7-8-9-10-11-12-13-14-15-16-17-18-19-20-21-24-29-45(6)40(49)44-35-26-23-22-25-32(35)34(30-36(46)47)37-33(27-28-43-37)38(48)39-41(2,3)31-50-42(4,5)51-39/h27-28,32,34-35,39,43H,7-26,29-31H2,1-6H3,(H,44,49)(H,46,47). The summed E-state index contributed by atoms with van der Waals surface area (Å²) in [7, 11) is 1.85. The molecule has 3 N–H and O–H groups in total. The molecule has 2 heterocycles. The molecule has 51 heavy (non-hydrogen) atoms. The van der Waals surface area contributed by atoms with Gasteiger partial charge in [0.2, 0.25) is 0 Å². The zero-order valence-electron chi connectivity index (χ0n) is 33.2. The minimum absolute atomic E-state index is 0.107. The Kier molecular flexibility index (Phi) is 18.5. The number of carbonyl (C=O) groups excluding carboxylic acids is 2. The van der Waals surface area contributed by atoms with Gasteiger partial charge in [0, 0.05) is 48.4 Å². The highest BCUT2D eigenvalue weighted by molar-refractivity contribution is 6.01. The zero-order valence-corrected chi connectivity index (χ0v) is 33.2. The van der Waals surface area contributed by atoms with Crippen LogP contribution in [0.3, 0.4) is 0 Å². The second-order valence-corrected chi connectivity index (χ2v) is 16.8. The van der Waals surface area contributed by atoms with Crippen molar-refractivity contribution in [2.24, 2.45) is 11.3 Å². The minimum Gasteiger partial charge on any atom is -0.481 e. The van der Waals surface area contributed by atoms with Crippen molar-refractivity contribution in [3.8, 4) is 0 Å². The number of carbonyl (C=O) groups is 3. The lowest BCUT2D eigenvalue weighted by Gasteiger charge is -2.45. The fraction of sp³-hybridized carbons (Fsp3) is 0.833. The Balaban J connectivity index is 1.45. The van der Waals surface area contributed by atoms with Gasteiger partial charge in [0.25, 0.3) is 0 Å². The maximum absolute atomic E-state index is 14.1. The Morgan fingerprint density at radius 1 is 0.882 bits per heavy atom. The van der Waals surface area contributed by atoms with Gasteiger partial charge in [-0.05, 0) is 45.1 Å². The highest BCUT2D eigenvalue weighted by Gasteiger charge is 2.47. The highest BCUT2D eigenvalue weighted by Crippen LogP contribution is 2.42. The number of carboxylic acids is 1. The largest absolute Gasteiger partial charge is 0.481 e. The van der Waals surface area contributed by atoms with E-state index >= 15 is 0 Å². The van der Waals surface area contributed by atoms with Crippen molar-refractivity contribution in [2.45, 2.75) is 193 Å². The van der Waals surface area contributed by atoms with E-state index in [4.69, 9.17) is 9.47 Å². The van der Waals surface area contributed by atoms with Crippen LogP contribution in [0.15, 0.2) is 12.3 Å². The van der Waals surface area contributed by atoms with Gasteiger partial charge in [-0.15, -0.1) is 0 Å². The summed E-state index contributed by atoms with van der Waals surface area (Å²) in [5.41, 5.74) is 0.536. The van der Waals surface area contributed by atoms with Crippen LogP contribution in [0.5, 0.6) is 0 Å². The van der Waals surface area contributed by atoms with Crippen molar-refractivity contribution in [3.63, 3.8) is 0 Å². The van der Waals surface area contributed by atoms with Crippen molar-refractivity contribution in [3.05, 3.63) is 23.5 Å². The summed E-state index contributed by atoms with van der Waals surface area (Å²) in [4.78, 5) is 44.7. The van der Waals surface area contributed by atoms with Gasteiger partial charge < -0.3 is 29.8 Å². The lowest BCUT2D eigenvalue weighted by Crippen LogP contribution is -2.53. The lowest BCUT2D eigenvalue weighted by atomic mass is 9.72. The molecule has 3 rings (SSSR count). The third-order valence-corrected chi connectivity index (χ3v) is 11.3. The van der Waals surface area contributed by atoms with Gasteiger partial charge in [0.05, 0.1) is 13.0 Å². The van der Waals surface area contributed by atoms with Crippen molar-refractivity contribution in [1.82, 2.24) is 15.2 Å². The molecule has 0 spiro atoms. The molecule has 9 nitrogen and oxygen atoms in total. The molecule has 2 amide bonds. The number of ketones is 1. The Bertz CT molecular complexity index is 1180. The van der Waals surface area contributed by atoms with Crippen molar-refractivity contribution in [2.75, 3.05) is 20.2 Å². The fourth-order valence-electron chi connectivity index (χ4n) is 8.11. The molecule has 4 unspecified atom stereocenters. The SMILES string of the molecule is CCCCCCCCCCCCCCCCCCN(C)C(=O)NC1CCCCC1C(CC(=O)O)c1[nH]ccc1C(=O)C1OC(C)(C)OCC1(C)C. The van der Waals surface area contributed by atoms with Crippen LogP contribution < -0.4 is 5.32 Å². The summed E-state index contributed by atoms with van der Waals surface area (Å²) in [5.74, 6) is -2.56. The first-order valence-corrected chi connectivity index (χ1v) is 20.6. The van der Waals surface area contributed by atoms with Crippen LogP contribution in [0.2, 0.25) is 0 Å². The molecule has 0 bridgehead atoms. The van der Waals surface area contributed by atoms with E-state index < -0.39 is 29.2 Å². The molecule has 0 aromatic carbocycles. The number of aromatic nitrogens is 1. The normalized spacial score (nSPS) is 22.0.